The summed E-state index contributed by atoms with van der Waals surface area (Å²) in [5.41, 5.74) is 0. The van der Waals surface area contributed by atoms with Gasteiger partial charge >= 0.3 is 83.1 Å². The number of carbonyl (C=O) groups is 1. The van der Waals surface area contributed by atoms with E-state index in [0.717, 1.165) is 38.8 Å². The number of rotatable bonds is 6. The Morgan fingerprint density at radius 2 is 1.58 bits per heavy atom. The van der Waals surface area contributed by atoms with Crippen molar-refractivity contribution < 1.29 is 4.79 Å². The van der Waals surface area contributed by atoms with Crippen molar-refractivity contribution in [2.45, 2.75) is 39.5 Å². The molecular formula is C9H18NOSe. The van der Waals surface area contributed by atoms with Crippen molar-refractivity contribution in [2.75, 3.05) is 13.1 Å². The van der Waals surface area contributed by atoms with Crippen LogP contribution in [0.4, 0.5) is 4.79 Å². The summed E-state index contributed by atoms with van der Waals surface area (Å²) in [7, 11) is 0. The number of nitrogens with zero attached hydrogens (tertiary/aromatic N) is 1. The number of amides is 1. The van der Waals surface area contributed by atoms with Crippen LogP contribution in [0, 0.1) is 0 Å². The Balaban J connectivity index is 3.62. The molecule has 2 nitrogen and oxygen atoms in total. The molecule has 0 saturated carbocycles. The number of unbranched alkanes of at least 4 members (excludes halogenated alkanes) is 2. The van der Waals surface area contributed by atoms with Gasteiger partial charge in [-0.2, -0.15) is 0 Å². The van der Waals surface area contributed by atoms with Gasteiger partial charge in [0.25, 0.3) is 0 Å². The van der Waals surface area contributed by atoms with Crippen LogP contribution in [-0.2, 0) is 0 Å². The Labute approximate surface area is 83.5 Å². The molecule has 0 rings (SSSR count). The van der Waals surface area contributed by atoms with E-state index >= 15 is 0 Å². The monoisotopic (exact) mass is 236 g/mol. The van der Waals surface area contributed by atoms with Crippen molar-refractivity contribution >= 4 is 20.8 Å². The Morgan fingerprint density at radius 3 is 1.83 bits per heavy atom. The maximum absolute atomic E-state index is 11.0. The van der Waals surface area contributed by atoms with Crippen LogP contribution >= 0.6 is 0 Å². The summed E-state index contributed by atoms with van der Waals surface area (Å²) in [4.78, 5) is 13.0. The van der Waals surface area contributed by atoms with Crippen LogP contribution < -0.4 is 0 Å². The van der Waals surface area contributed by atoms with E-state index < -0.39 is 0 Å². The Hall–Kier alpha value is -0.0105. The fourth-order valence-corrected chi connectivity index (χ4v) is 1.38. The molecule has 0 aliphatic heterocycles. The number of carbonyl (C=O) groups excluding carboxylic acids is 1. The molecule has 0 aromatic carbocycles. The second kappa shape index (κ2) is 7.63. The fraction of sp³-hybridized carbons (Fsp3) is 0.889. The Kier molecular flexibility index (Phi) is 7.62. The standard InChI is InChI=1S/C9H18NOSe/c1-3-5-7-10(9(11)12)8-6-4-2/h3-8H2,1-2H3. The molecule has 71 valence electrons. The molecule has 0 aliphatic rings. The van der Waals surface area contributed by atoms with Crippen LogP contribution in [0.15, 0.2) is 0 Å². The van der Waals surface area contributed by atoms with Gasteiger partial charge in [0, 0.05) is 0 Å². The van der Waals surface area contributed by atoms with E-state index in [1.54, 1.807) is 0 Å². The van der Waals surface area contributed by atoms with Gasteiger partial charge in [0.05, 0.1) is 0 Å². The van der Waals surface area contributed by atoms with Crippen molar-refractivity contribution in [1.82, 2.24) is 4.90 Å². The van der Waals surface area contributed by atoms with Gasteiger partial charge in [-0.1, -0.05) is 0 Å². The van der Waals surface area contributed by atoms with Crippen molar-refractivity contribution in [3.63, 3.8) is 0 Å². The van der Waals surface area contributed by atoms with Crippen LogP contribution in [0.25, 0.3) is 0 Å². The van der Waals surface area contributed by atoms with Gasteiger partial charge in [-0.3, -0.25) is 0 Å². The van der Waals surface area contributed by atoms with Gasteiger partial charge in [-0.15, -0.1) is 0 Å². The Bertz CT molecular complexity index is 120. The molecule has 0 spiro atoms. The third-order valence-corrected chi connectivity index (χ3v) is 2.36. The molecule has 0 heterocycles. The number of hydrogen-bond acceptors (Lipinski definition) is 1. The molecule has 0 unspecified atom stereocenters. The summed E-state index contributed by atoms with van der Waals surface area (Å²) >= 11 is 2.54. The van der Waals surface area contributed by atoms with Gasteiger partial charge < -0.3 is 0 Å². The van der Waals surface area contributed by atoms with Gasteiger partial charge in [-0.05, 0) is 0 Å². The van der Waals surface area contributed by atoms with Crippen molar-refractivity contribution in [2.24, 2.45) is 0 Å². The summed E-state index contributed by atoms with van der Waals surface area (Å²) in [5, 5.41) is 0. The summed E-state index contributed by atoms with van der Waals surface area (Å²) < 4.78 is 0. The van der Waals surface area contributed by atoms with E-state index in [-0.39, 0.29) is 4.81 Å². The zero-order valence-corrected chi connectivity index (χ0v) is 9.72. The van der Waals surface area contributed by atoms with Crippen LogP contribution in [0.2, 0.25) is 0 Å². The van der Waals surface area contributed by atoms with Gasteiger partial charge in [0.1, 0.15) is 0 Å². The molecule has 0 aromatic rings. The molecule has 0 aromatic heterocycles. The molecule has 0 aliphatic carbocycles. The summed E-state index contributed by atoms with van der Waals surface area (Å²) in [6, 6.07) is 0. The first-order chi connectivity index (χ1) is 5.72. The first-order valence-corrected chi connectivity index (χ1v) is 5.54. The maximum atomic E-state index is 11.0. The fourth-order valence-electron chi connectivity index (χ4n) is 0.992. The van der Waals surface area contributed by atoms with Gasteiger partial charge in [0.15, 0.2) is 0 Å². The quantitative estimate of drug-likeness (QED) is 0.646. The van der Waals surface area contributed by atoms with E-state index in [1.807, 2.05) is 4.90 Å². The predicted molar refractivity (Wildman–Crippen MR) is 52.5 cm³/mol. The zero-order chi connectivity index (χ0) is 9.40. The summed E-state index contributed by atoms with van der Waals surface area (Å²) in [6.07, 6.45) is 4.51. The van der Waals surface area contributed by atoms with E-state index in [0.29, 0.717) is 0 Å². The third kappa shape index (κ3) is 5.62. The Morgan fingerprint density at radius 1 is 1.17 bits per heavy atom. The average molecular weight is 235 g/mol. The van der Waals surface area contributed by atoms with Crippen LogP contribution in [0.1, 0.15) is 39.5 Å². The van der Waals surface area contributed by atoms with E-state index in [1.165, 1.54) is 0 Å². The van der Waals surface area contributed by atoms with Crippen molar-refractivity contribution in [1.29, 1.82) is 0 Å². The first kappa shape index (κ1) is 12.0. The van der Waals surface area contributed by atoms with Crippen LogP contribution in [-0.4, -0.2) is 38.8 Å². The molecule has 12 heavy (non-hydrogen) atoms. The minimum atomic E-state index is 0.0944. The average Bonchev–Trinajstić information content (AvgIpc) is 2.04. The minimum absolute atomic E-state index is 0.0944. The van der Waals surface area contributed by atoms with E-state index in [4.69, 9.17) is 0 Å². The molecule has 0 fully saturated rings. The topological polar surface area (TPSA) is 20.3 Å². The van der Waals surface area contributed by atoms with Crippen LogP contribution in [0.5, 0.6) is 0 Å². The van der Waals surface area contributed by atoms with Gasteiger partial charge in [0.2, 0.25) is 0 Å². The zero-order valence-electron chi connectivity index (χ0n) is 8.01. The molecule has 3 heteroatoms. The van der Waals surface area contributed by atoms with Gasteiger partial charge in [-0.25, -0.2) is 0 Å². The molecular weight excluding hydrogens is 217 g/mol. The third-order valence-electron chi connectivity index (χ3n) is 1.82. The summed E-state index contributed by atoms with van der Waals surface area (Å²) in [6.45, 7) is 6.09. The van der Waals surface area contributed by atoms with Crippen molar-refractivity contribution in [3.05, 3.63) is 0 Å². The molecule has 0 saturated heterocycles. The van der Waals surface area contributed by atoms with E-state index in [2.05, 4.69) is 29.9 Å². The second-order valence-corrected chi connectivity index (χ2v) is 3.69. The second-order valence-electron chi connectivity index (χ2n) is 2.96. The van der Waals surface area contributed by atoms with E-state index in [9.17, 15) is 4.79 Å². The summed E-state index contributed by atoms with van der Waals surface area (Å²) in [5.74, 6) is 0. The first-order valence-electron chi connectivity index (χ1n) is 4.68. The molecule has 0 N–H and O–H groups in total. The van der Waals surface area contributed by atoms with Crippen molar-refractivity contribution in [3.8, 4) is 0 Å². The molecule has 0 bridgehead atoms. The molecule has 1 amide bonds. The van der Waals surface area contributed by atoms with Crippen LogP contribution in [0.3, 0.4) is 0 Å². The number of hydrogen-bond donors (Lipinski definition) is 0. The molecule has 0 atom stereocenters. The molecule has 1 radical (unpaired) electrons. The predicted octanol–water partition coefficient (Wildman–Crippen LogP) is 2.18. The normalized spacial score (nSPS) is 9.83. The SMILES string of the molecule is CCCCN(CCCC)C(=O)[Se].